The highest BCUT2D eigenvalue weighted by atomic mass is 16.2. The van der Waals surface area contributed by atoms with Gasteiger partial charge in [0.2, 0.25) is 5.91 Å². The van der Waals surface area contributed by atoms with Crippen LogP contribution in [0.15, 0.2) is 42.5 Å². The van der Waals surface area contributed by atoms with Gasteiger partial charge in [0.15, 0.2) is 0 Å². The number of hydrogen-bond donors (Lipinski definition) is 3. The van der Waals surface area contributed by atoms with E-state index in [-0.39, 0.29) is 18.0 Å². The third kappa shape index (κ3) is 4.33. The average Bonchev–Trinajstić information content (AvgIpc) is 2.53. The summed E-state index contributed by atoms with van der Waals surface area (Å²) in [6.45, 7) is 4.16. The monoisotopic (exact) mass is 326 g/mol. The molecule has 0 heterocycles. The fourth-order valence-corrected chi connectivity index (χ4v) is 2.37. The summed E-state index contributed by atoms with van der Waals surface area (Å²) >= 11 is 0. The third-order valence-corrected chi connectivity index (χ3v) is 3.74. The van der Waals surface area contributed by atoms with Crippen LogP contribution < -0.4 is 16.9 Å². The average molecular weight is 326 g/mol. The van der Waals surface area contributed by atoms with Crippen LogP contribution in [0.2, 0.25) is 0 Å². The molecule has 0 saturated carbocycles. The van der Waals surface area contributed by atoms with Crippen molar-refractivity contribution in [3.63, 3.8) is 0 Å². The van der Waals surface area contributed by atoms with Crippen molar-refractivity contribution >= 4 is 17.5 Å². The summed E-state index contributed by atoms with van der Waals surface area (Å²) in [5.74, 6) is 4.88. The summed E-state index contributed by atoms with van der Waals surface area (Å²) in [5.41, 5.74) is 9.65. The van der Waals surface area contributed by atoms with Crippen LogP contribution in [0.3, 0.4) is 0 Å². The Labute approximate surface area is 141 Å². The fourth-order valence-electron chi connectivity index (χ4n) is 2.37. The summed E-state index contributed by atoms with van der Waals surface area (Å²) in [5, 5.41) is 3.63. The maximum absolute atomic E-state index is 12.2. The third-order valence-electron chi connectivity index (χ3n) is 3.74. The summed E-state index contributed by atoms with van der Waals surface area (Å²) < 4.78 is 0. The molecule has 0 saturated heterocycles. The number of rotatable bonds is 5. The molecule has 2 aromatic rings. The van der Waals surface area contributed by atoms with Crippen LogP contribution in [0.4, 0.5) is 5.69 Å². The minimum Gasteiger partial charge on any atom is -0.398 e. The molecular weight excluding hydrogens is 304 g/mol. The highest BCUT2D eigenvalue weighted by molar-refractivity contribution is 6.00. The van der Waals surface area contributed by atoms with Gasteiger partial charge in [-0.2, -0.15) is 0 Å². The van der Waals surface area contributed by atoms with E-state index in [1.165, 1.54) is 5.56 Å². The van der Waals surface area contributed by atoms with Crippen LogP contribution in [0.5, 0.6) is 0 Å². The van der Waals surface area contributed by atoms with E-state index in [1.807, 2.05) is 26.0 Å². The van der Waals surface area contributed by atoms with Crippen LogP contribution in [0.1, 0.15) is 27.0 Å². The number of carbonyl (C=O) groups excluding carboxylic acids is 2. The van der Waals surface area contributed by atoms with Gasteiger partial charge in [0.05, 0.1) is 5.56 Å². The Kier molecular flexibility index (Phi) is 5.55. The number of aryl methyl sites for hydroxylation is 2. The first-order valence-electron chi connectivity index (χ1n) is 7.62. The van der Waals surface area contributed by atoms with Crippen molar-refractivity contribution < 1.29 is 9.59 Å². The lowest BCUT2D eigenvalue weighted by atomic mass is 10.1. The van der Waals surface area contributed by atoms with E-state index in [0.717, 1.165) is 16.1 Å². The SMILES string of the molecule is Cc1ccc(CNC(=O)CN(N)C(=O)c2ccccc2N)c(C)c1. The predicted octanol–water partition coefficient (Wildman–Crippen LogP) is 1.52. The van der Waals surface area contributed by atoms with Crippen molar-refractivity contribution in [3.8, 4) is 0 Å². The molecule has 0 fully saturated rings. The standard InChI is InChI=1S/C18H22N4O2/c1-12-7-8-14(13(2)9-12)10-21-17(23)11-22(20)18(24)15-5-3-4-6-16(15)19/h3-9H,10-11,19-20H2,1-2H3,(H,21,23). The van der Waals surface area contributed by atoms with Gasteiger partial charge in [0.25, 0.3) is 5.91 Å². The number of amides is 2. The van der Waals surface area contributed by atoms with Crippen molar-refractivity contribution in [3.05, 3.63) is 64.7 Å². The van der Waals surface area contributed by atoms with Gasteiger partial charge >= 0.3 is 0 Å². The summed E-state index contributed by atoms with van der Waals surface area (Å²) in [6.07, 6.45) is 0. The first kappa shape index (κ1) is 17.5. The lowest BCUT2D eigenvalue weighted by molar-refractivity contribution is -0.122. The second kappa shape index (κ2) is 7.61. The van der Waals surface area contributed by atoms with Crippen molar-refractivity contribution in [2.45, 2.75) is 20.4 Å². The van der Waals surface area contributed by atoms with Crippen molar-refractivity contribution in [1.82, 2.24) is 10.3 Å². The summed E-state index contributed by atoms with van der Waals surface area (Å²) in [7, 11) is 0. The van der Waals surface area contributed by atoms with E-state index in [4.69, 9.17) is 11.6 Å². The molecule has 0 spiro atoms. The zero-order valence-corrected chi connectivity index (χ0v) is 13.9. The molecule has 0 aliphatic heterocycles. The van der Waals surface area contributed by atoms with Crippen LogP contribution in [-0.4, -0.2) is 23.4 Å². The van der Waals surface area contributed by atoms with Gasteiger partial charge in [-0.3, -0.25) is 14.6 Å². The number of benzene rings is 2. The number of nitrogens with two attached hydrogens (primary N) is 2. The molecule has 0 atom stereocenters. The highest BCUT2D eigenvalue weighted by Gasteiger charge is 2.17. The largest absolute Gasteiger partial charge is 0.398 e. The Balaban J connectivity index is 1.92. The lowest BCUT2D eigenvalue weighted by Crippen LogP contribution is -2.45. The molecule has 24 heavy (non-hydrogen) atoms. The highest BCUT2D eigenvalue weighted by Crippen LogP contribution is 2.12. The minimum absolute atomic E-state index is 0.238. The fraction of sp³-hybridized carbons (Fsp3) is 0.222. The molecule has 126 valence electrons. The topological polar surface area (TPSA) is 101 Å². The number of para-hydroxylation sites is 1. The van der Waals surface area contributed by atoms with Gasteiger partial charge < -0.3 is 11.1 Å². The zero-order valence-electron chi connectivity index (χ0n) is 13.9. The summed E-state index contributed by atoms with van der Waals surface area (Å²) in [4.78, 5) is 24.2. The van der Waals surface area contributed by atoms with E-state index < -0.39 is 5.91 Å². The number of hydrazine groups is 1. The number of nitrogen functional groups attached to an aromatic ring is 1. The first-order valence-corrected chi connectivity index (χ1v) is 7.62. The van der Waals surface area contributed by atoms with Gasteiger partial charge in [-0.15, -0.1) is 0 Å². The molecule has 0 bridgehead atoms. The Hall–Kier alpha value is -2.86. The summed E-state index contributed by atoms with van der Waals surface area (Å²) in [6, 6.07) is 12.6. The van der Waals surface area contributed by atoms with Crippen LogP contribution in [0, 0.1) is 13.8 Å². The van der Waals surface area contributed by atoms with Crippen molar-refractivity contribution in [2.24, 2.45) is 5.84 Å². The number of nitrogens with zero attached hydrogens (tertiary/aromatic N) is 1. The molecule has 5 N–H and O–H groups in total. The van der Waals surface area contributed by atoms with E-state index in [0.29, 0.717) is 12.2 Å². The molecule has 2 aromatic carbocycles. The predicted molar refractivity (Wildman–Crippen MR) is 93.8 cm³/mol. The van der Waals surface area contributed by atoms with Crippen LogP contribution in [-0.2, 0) is 11.3 Å². The van der Waals surface area contributed by atoms with Gasteiger partial charge in [0.1, 0.15) is 6.54 Å². The molecule has 0 aliphatic carbocycles. The zero-order chi connectivity index (χ0) is 17.7. The molecule has 0 unspecified atom stereocenters. The van der Waals surface area contributed by atoms with Gasteiger partial charge in [-0.25, -0.2) is 5.84 Å². The van der Waals surface area contributed by atoms with Gasteiger partial charge in [-0.05, 0) is 37.1 Å². The van der Waals surface area contributed by atoms with Crippen LogP contribution in [0.25, 0.3) is 0 Å². The molecule has 6 nitrogen and oxygen atoms in total. The molecule has 6 heteroatoms. The Bertz CT molecular complexity index is 758. The number of anilines is 1. The number of nitrogens with one attached hydrogen (secondary N) is 1. The van der Waals surface area contributed by atoms with Crippen LogP contribution >= 0.6 is 0 Å². The molecule has 2 rings (SSSR count). The molecule has 0 radical (unpaired) electrons. The normalized spacial score (nSPS) is 10.3. The van der Waals surface area contributed by atoms with Crippen molar-refractivity contribution in [1.29, 1.82) is 0 Å². The van der Waals surface area contributed by atoms with E-state index in [1.54, 1.807) is 24.3 Å². The number of carbonyl (C=O) groups is 2. The molecule has 0 aliphatic rings. The Morgan fingerprint density at radius 2 is 1.83 bits per heavy atom. The molecular formula is C18H22N4O2. The first-order chi connectivity index (χ1) is 11.4. The second-order valence-corrected chi connectivity index (χ2v) is 5.73. The second-order valence-electron chi connectivity index (χ2n) is 5.73. The van der Waals surface area contributed by atoms with E-state index in [2.05, 4.69) is 11.4 Å². The van der Waals surface area contributed by atoms with Gasteiger partial charge in [0, 0.05) is 12.2 Å². The maximum Gasteiger partial charge on any atom is 0.270 e. The molecule has 2 amide bonds. The quantitative estimate of drug-likeness (QED) is 0.335. The lowest BCUT2D eigenvalue weighted by Gasteiger charge is -2.17. The van der Waals surface area contributed by atoms with E-state index in [9.17, 15) is 9.59 Å². The van der Waals surface area contributed by atoms with E-state index >= 15 is 0 Å². The Morgan fingerprint density at radius 1 is 1.12 bits per heavy atom. The maximum atomic E-state index is 12.2. The Morgan fingerprint density at radius 3 is 2.50 bits per heavy atom. The smallest absolute Gasteiger partial charge is 0.270 e. The minimum atomic E-state index is -0.491. The number of hydrogen-bond acceptors (Lipinski definition) is 4. The van der Waals surface area contributed by atoms with Gasteiger partial charge in [-0.1, -0.05) is 35.9 Å². The molecule has 0 aromatic heterocycles. The van der Waals surface area contributed by atoms with Crippen molar-refractivity contribution in [2.75, 3.05) is 12.3 Å².